The lowest BCUT2D eigenvalue weighted by Crippen LogP contribution is -2.82. The van der Waals surface area contributed by atoms with Crippen LogP contribution in [0.2, 0.25) is 46.3 Å². The van der Waals surface area contributed by atoms with E-state index in [2.05, 4.69) is 117 Å². The van der Waals surface area contributed by atoms with Crippen LogP contribution in [0.4, 0.5) is 0 Å². The molecular formula is C50H87O12Si4. The second kappa shape index (κ2) is 20.0. The van der Waals surface area contributed by atoms with Gasteiger partial charge in [0.1, 0.15) is 23.4 Å². The van der Waals surface area contributed by atoms with Gasteiger partial charge in [0.2, 0.25) is 9.04 Å². The predicted molar refractivity (Wildman–Crippen MR) is 267 cm³/mol. The second-order valence-electron chi connectivity index (χ2n) is 22.6. The van der Waals surface area contributed by atoms with Crippen molar-refractivity contribution in [3.8, 4) is 0 Å². The topological polar surface area (TPSA) is 137 Å². The van der Waals surface area contributed by atoms with E-state index in [4.69, 9.17) is 40.5 Å². The molecule has 16 heteroatoms. The third kappa shape index (κ3) is 8.66. The molecule has 1 radical (unpaired) electrons. The summed E-state index contributed by atoms with van der Waals surface area (Å²) >= 11 is 0. The van der Waals surface area contributed by atoms with Gasteiger partial charge >= 0.3 is 31.7 Å². The second-order valence-corrected chi connectivity index (χ2v) is 37.8. The Kier molecular flexibility index (Phi) is 16.8. The van der Waals surface area contributed by atoms with Gasteiger partial charge in [0.15, 0.2) is 5.78 Å². The number of hydrogen-bond acceptors (Lipinski definition) is 12. The number of hydrogen-bond donors (Lipinski definition) is 1. The van der Waals surface area contributed by atoms with E-state index in [1.54, 1.807) is 45.6 Å². The highest BCUT2D eigenvalue weighted by Crippen LogP contribution is 2.66. The number of rotatable bonds is 19. The van der Waals surface area contributed by atoms with E-state index in [-0.39, 0.29) is 58.5 Å². The number of carbonyl (C=O) groups excluding carboxylic acids is 2. The van der Waals surface area contributed by atoms with Gasteiger partial charge in [-0.25, -0.2) is 4.79 Å². The Morgan fingerprint density at radius 3 is 1.65 bits per heavy atom. The Bertz CT molecular complexity index is 1880. The van der Waals surface area contributed by atoms with Gasteiger partial charge < -0.3 is 45.6 Å². The SMILES string of the molecule is CO[Si](O[C@H]1C(=O)[C@@]2(C)C([C@H](OC(=O)c3ccccc3)[C@]3(O[Si](C)C)C[C@H](O[Si](OC)(C(C)C)C(C)C)C(C)=C1C3(C)C)[C@]1(O)COC1C[C@@H]2O[Si](OC)(C(C)C)C(C)C)(C(C)C)C(C)C. The molecule has 0 spiro atoms. The molecule has 12 nitrogen and oxygen atoms in total. The van der Waals surface area contributed by atoms with Crippen molar-refractivity contribution in [3.05, 3.63) is 47.0 Å². The molecule has 66 heavy (non-hydrogen) atoms. The van der Waals surface area contributed by atoms with E-state index < -0.39 is 99.2 Å². The highest BCUT2D eigenvalue weighted by molar-refractivity contribution is 6.71. The predicted octanol–water partition coefficient (Wildman–Crippen LogP) is 10.6. The van der Waals surface area contributed by atoms with Crippen LogP contribution in [0, 0.1) is 16.7 Å². The third-order valence-electron chi connectivity index (χ3n) is 16.6. The van der Waals surface area contributed by atoms with Crippen molar-refractivity contribution >= 4 is 46.5 Å². The van der Waals surface area contributed by atoms with E-state index in [1.165, 1.54) is 0 Å². The van der Waals surface area contributed by atoms with Crippen LogP contribution >= 0.6 is 0 Å². The first-order valence-corrected chi connectivity index (χ1v) is 32.9. The maximum absolute atomic E-state index is 17.2. The van der Waals surface area contributed by atoms with Crippen LogP contribution in [-0.4, -0.2) is 121 Å². The van der Waals surface area contributed by atoms with Gasteiger partial charge in [-0.15, -0.1) is 0 Å². The average Bonchev–Trinajstić information content (AvgIpc) is 3.23. The maximum Gasteiger partial charge on any atom is 0.344 e. The Morgan fingerprint density at radius 1 is 0.758 bits per heavy atom. The smallest absolute Gasteiger partial charge is 0.344 e. The molecule has 1 aromatic rings. The summed E-state index contributed by atoms with van der Waals surface area (Å²) in [4.78, 5) is 32.2. The average molecular weight is 993 g/mol. The van der Waals surface area contributed by atoms with Gasteiger partial charge in [0.25, 0.3) is 0 Å². The zero-order valence-electron chi connectivity index (χ0n) is 44.4. The quantitative estimate of drug-likeness (QED) is 0.0802. The number of carbonyl (C=O) groups is 2. The standard InChI is InChI=1S/C50H87O12Si4/c1-30(2)64(54-17,31(3)4)59-38-28-50(62-63(20)21)45(58-46(52)37-25-23-22-24-26-37)43-48(16,39(27-40-49(43,53)29-57-40)60-65(55-18,32(5)6)33(7)8)44(51)42(41(36(38)13)47(50,14)15)61-66(56-19,34(9)10)35(11)12/h22-26,30-35,38-40,42-43,45,53H,27-29H2,1-21H3/t38-,39-,40?,42+,43?,45-,48+,49-,50+/m0/s1. The van der Waals surface area contributed by atoms with Crippen molar-refractivity contribution in [3.63, 3.8) is 0 Å². The first-order valence-electron chi connectivity index (χ1n) is 24.6. The summed E-state index contributed by atoms with van der Waals surface area (Å²) in [6, 6.07) is 8.92. The van der Waals surface area contributed by atoms with Crippen LogP contribution in [-0.2, 0) is 45.3 Å². The summed E-state index contributed by atoms with van der Waals surface area (Å²) in [7, 11) is -6.06. The number of ether oxygens (including phenoxy) is 2. The van der Waals surface area contributed by atoms with E-state index in [1.807, 2.05) is 13.0 Å². The zero-order chi connectivity index (χ0) is 49.9. The molecule has 375 valence electrons. The minimum absolute atomic E-state index is 0.0150. The highest BCUT2D eigenvalue weighted by atomic mass is 28.4. The lowest BCUT2D eigenvalue weighted by atomic mass is 9.44. The molecule has 0 aromatic heterocycles. The first kappa shape index (κ1) is 55.5. The Hall–Kier alpha value is -1.39. The van der Waals surface area contributed by atoms with E-state index in [0.29, 0.717) is 5.56 Å². The number of esters is 1. The number of ketones is 1. The molecule has 9 atom stereocenters. The Morgan fingerprint density at radius 2 is 1.23 bits per heavy atom. The summed E-state index contributed by atoms with van der Waals surface area (Å²) < 4.78 is 63.9. The monoisotopic (exact) mass is 992 g/mol. The summed E-state index contributed by atoms with van der Waals surface area (Å²) in [5.41, 5.74) is -3.88. The van der Waals surface area contributed by atoms with Crippen LogP contribution in [0.1, 0.15) is 134 Å². The highest BCUT2D eigenvalue weighted by Gasteiger charge is 2.78. The fraction of sp³-hybridized carbons (Fsp3) is 0.800. The first-order chi connectivity index (χ1) is 30.5. The number of aliphatic hydroxyl groups is 1. The summed E-state index contributed by atoms with van der Waals surface area (Å²) in [5.74, 6) is -1.97. The molecule has 3 aliphatic carbocycles. The fourth-order valence-electron chi connectivity index (χ4n) is 13.2. The van der Waals surface area contributed by atoms with Gasteiger partial charge in [-0.2, -0.15) is 0 Å². The molecule has 3 fully saturated rings. The van der Waals surface area contributed by atoms with Crippen LogP contribution < -0.4 is 0 Å². The van der Waals surface area contributed by atoms with E-state index in [0.717, 1.165) is 11.1 Å². The van der Waals surface area contributed by atoms with Crippen LogP contribution in [0.15, 0.2) is 41.5 Å². The molecule has 1 saturated heterocycles. The molecule has 1 heterocycles. The van der Waals surface area contributed by atoms with Gasteiger partial charge in [0, 0.05) is 45.5 Å². The van der Waals surface area contributed by atoms with E-state index in [9.17, 15) is 5.11 Å². The summed E-state index contributed by atoms with van der Waals surface area (Å²) in [5, 5.41) is 13.6. The molecule has 2 saturated carbocycles. The van der Waals surface area contributed by atoms with Crippen LogP contribution in [0.25, 0.3) is 0 Å². The molecule has 1 aliphatic heterocycles. The lowest BCUT2D eigenvalue weighted by Gasteiger charge is -2.69. The molecule has 2 bridgehead atoms. The normalized spacial score (nSPS) is 31.7. The van der Waals surface area contributed by atoms with Crippen molar-refractivity contribution in [1.29, 1.82) is 0 Å². The van der Waals surface area contributed by atoms with Crippen LogP contribution in [0.5, 0.6) is 0 Å². The molecule has 1 N–H and O–H groups in total. The van der Waals surface area contributed by atoms with Gasteiger partial charge in [-0.3, -0.25) is 4.79 Å². The van der Waals surface area contributed by atoms with Crippen molar-refractivity contribution in [1.82, 2.24) is 0 Å². The molecule has 2 unspecified atom stereocenters. The van der Waals surface area contributed by atoms with Crippen molar-refractivity contribution < 1.29 is 55.2 Å². The van der Waals surface area contributed by atoms with Gasteiger partial charge in [-0.1, -0.05) is 115 Å². The Balaban J connectivity index is 2.04. The maximum atomic E-state index is 17.2. The fourth-order valence-corrected chi connectivity index (χ4v) is 25.2. The molecule has 5 rings (SSSR count). The Labute approximate surface area is 403 Å². The number of Topliss-reactive ketones (excluding diaryl/α,β-unsaturated/α-hetero) is 1. The van der Waals surface area contributed by atoms with Crippen molar-refractivity contribution in [2.75, 3.05) is 27.9 Å². The summed E-state index contributed by atoms with van der Waals surface area (Å²) in [6.45, 7) is 37.8. The number of fused-ring (bicyclic) bond motifs is 5. The van der Waals surface area contributed by atoms with E-state index >= 15 is 9.59 Å². The third-order valence-corrected chi connectivity index (χ3v) is 30.9. The molecule has 0 amide bonds. The minimum Gasteiger partial charge on any atom is -0.455 e. The van der Waals surface area contributed by atoms with Crippen molar-refractivity contribution in [2.45, 2.75) is 212 Å². The molecular weight excluding hydrogens is 905 g/mol. The largest absolute Gasteiger partial charge is 0.455 e. The lowest BCUT2D eigenvalue weighted by molar-refractivity contribution is -0.341. The summed E-state index contributed by atoms with van der Waals surface area (Å²) in [6.07, 6.45) is -4.24. The van der Waals surface area contributed by atoms with Crippen LogP contribution in [0.3, 0.4) is 0 Å². The van der Waals surface area contributed by atoms with Crippen molar-refractivity contribution in [2.24, 2.45) is 16.7 Å². The van der Waals surface area contributed by atoms with Gasteiger partial charge in [-0.05, 0) is 83.5 Å². The zero-order valence-corrected chi connectivity index (χ0v) is 48.4. The number of benzene rings is 1. The van der Waals surface area contributed by atoms with Gasteiger partial charge in [0.05, 0.1) is 35.9 Å². The molecule has 4 aliphatic rings. The minimum atomic E-state index is -3.31. The molecule has 1 aromatic carbocycles.